The summed E-state index contributed by atoms with van der Waals surface area (Å²) in [7, 11) is 2.18. The maximum absolute atomic E-state index is 11.6. The summed E-state index contributed by atoms with van der Waals surface area (Å²) in [5.41, 5.74) is 0. The van der Waals surface area contributed by atoms with Crippen LogP contribution >= 0.6 is 0 Å². The van der Waals surface area contributed by atoms with Crippen LogP contribution in [-0.4, -0.2) is 51.2 Å². The lowest BCUT2D eigenvalue weighted by molar-refractivity contribution is -0.137. The molecule has 0 aromatic carbocycles. The molecule has 0 aromatic heterocycles. The van der Waals surface area contributed by atoms with E-state index in [1.165, 1.54) is 4.90 Å². The van der Waals surface area contributed by atoms with Crippen molar-refractivity contribution in [2.75, 3.05) is 19.8 Å². The van der Waals surface area contributed by atoms with E-state index in [1.54, 1.807) is 21.0 Å². The molecule has 1 N–H and O–H groups in total. The van der Waals surface area contributed by atoms with E-state index >= 15 is 0 Å². The first-order chi connectivity index (χ1) is 7.34. The number of aliphatic carboxylic acids is 1. The Bertz CT molecular complexity index is 278. The van der Waals surface area contributed by atoms with Crippen LogP contribution in [0, 0.1) is 0 Å². The highest BCUT2D eigenvalue weighted by Gasteiger charge is 2.15. The molecular weight excluding hydrogens is 230 g/mol. The Hall–Kier alpha value is -0.910. The molecule has 5 nitrogen and oxygen atoms in total. The number of amides is 1. The molecule has 1 amide bonds. The Kier molecular flexibility index (Phi) is 6.96. The van der Waals surface area contributed by atoms with Gasteiger partial charge in [-0.2, -0.15) is 0 Å². The molecular formula is C10H19NO4S. The third kappa shape index (κ3) is 6.55. The van der Waals surface area contributed by atoms with Crippen molar-refractivity contribution in [3.63, 3.8) is 0 Å². The highest BCUT2D eigenvalue weighted by molar-refractivity contribution is 7.85. The molecule has 94 valence electrons. The van der Waals surface area contributed by atoms with Gasteiger partial charge in [-0.3, -0.25) is 13.8 Å². The van der Waals surface area contributed by atoms with Crippen molar-refractivity contribution in [1.29, 1.82) is 0 Å². The van der Waals surface area contributed by atoms with Crippen molar-refractivity contribution < 1.29 is 18.9 Å². The first-order valence-corrected chi connectivity index (χ1v) is 6.52. The van der Waals surface area contributed by atoms with Crippen LogP contribution in [0.25, 0.3) is 0 Å². The topological polar surface area (TPSA) is 74.7 Å². The Morgan fingerprint density at radius 2 is 1.94 bits per heavy atom. The second kappa shape index (κ2) is 7.38. The van der Waals surface area contributed by atoms with Gasteiger partial charge in [0.2, 0.25) is 5.91 Å². The lowest BCUT2D eigenvalue weighted by Gasteiger charge is -2.11. The van der Waals surface area contributed by atoms with Gasteiger partial charge in [-0.05, 0) is 6.42 Å². The van der Waals surface area contributed by atoms with E-state index in [2.05, 4.69) is 0 Å². The van der Waals surface area contributed by atoms with Crippen molar-refractivity contribution in [1.82, 2.24) is 4.90 Å². The Labute approximate surface area is 98.3 Å². The molecule has 0 saturated heterocycles. The van der Waals surface area contributed by atoms with Crippen molar-refractivity contribution in [3.8, 4) is 0 Å². The average molecular weight is 249 g/mol. The molecule has 2 unspecified atom stereocenters. The number of carbonyl (C=O) groups excluding carboxylic acids is 1. The maximum Gasteiger partial charge on any atom is 0.304 e. The Balaban J connectivity index is 3.81. The van der Waals surface area contributed by atoms with E-state index in [0.717, 1.165) is 0 Å². The monoisotopic (exact) mass is 249 g/mol. The molecule has 0 spiro atoms. The largest absolute Gasteiger partial charge is 0.481 e. The summed E-state index contributed by atoms with van der Waals surface area (Å²) in [6.07, 6.45) is 0.806. The number of carboxylic acid groups (broad SMARTS) is 1. The molecule has 0 fully saturated rings. The van der Waals surface area contributed by atoms with Gasteiger partial charge >= 0.3 is 5.97 Å². The minimum atomic E-state index is -1.17. The van der Waals surface area contributed by atoms with E-state index in [4.69, 9.17) is 5.11 Å². The van der Waals surface area contributed by atoms with Crippen LogP contribution in [-0.2, 0) is 20.4 Å². The van der Waals surface area contributed by atoms with Gasteiger partial charge in [-0.25, -0.2) is 0 Å². The fourth-order valence-electron chi connectivity index (χ4n) is 1.13. The van der Waals surface area contributed by atoms with Crippen LogP contribution in [0.15, 0.2) is 0 Å². The summed E-state index contributed by atoms with van der Waals surface area (Å²) in [5, 5.41) is 8.17. The molecule has 16 heavy (non-hydrogen) atoms. The van der Waals surface area contributed by atoms with E-state index in [1.807, 2.05) is 0 Å². The first-order valence-electron chi connectivity index (χ1n) is 5.13. The zero-order valence-corrected chi connectivity index (χ0v) is 10.7. The number of hydrogen-bond acceptors (Lipinski definition) is 3. The van der Waals surface area contributed by atoms with Gasteiger partial charge in [0.25, 0.3) is 0 Å². The second-order valence-corrected chi connectivity index (χ2v) is 5.86. The summed E-state index contributed by atoms with van der Waals surface area (Å²) in [6, 6.07) is 0. The van der Waals surface area contributed by atoms with Crippen molar-refractivity contribution >= 4 is 22.7 Å². The molecule has 0 heterocycles. The normalized spacial score (nSPS) is 14.2. The molecule has 6 heteroatoms. The van der Waals surface area contributed by atoms with Crippen LogP contribution in [0.2, 0.25) is 0 Å². The zero-order valence-electron chi connectivity index (χ0n) is 9.93. The summed E-state index contributed by atoms with van der Waals surface area (Å²) < 4.78 is 11.6. The van der Waals surface area contributed by atoms with Crippen LogP contribution in [0.5, 0.6) is 0 Å². The third-order valence-corrected chi connectivity index (χ3v) is 3.90. The zero-order chi connectivity index (χ0) is 12.7. The summed E-state index contributed by atoms with van der Waals surface area (Å²) in [4.78, 5) is 23.1. The van der Waals surface area contributed by atoms with Crippen LogP contribution in [0.4, 0.5) is 0 Å². The number of rotatable bonds is 7. The molecule has 0 aliphatic rings. The highest BCUT2D eigenvalue weighted by Crippen LogP contribution is 2.05. The minimum absolute atomic E-state index is 0.00267. The summed E-state index contributed by atoms with van der Waals surface area (Å²) in [5.74, 6) is -0.554. The fraction of sp³-hybridized carbons (Fsp3) is 0.800. The molecule has 0 aliphatic heterocycles. The number of carbonyl (C=O) groups is 2. The second-order valence-electron chi connectivity index (χ2n) is 3.89. The molecule has 0 saturated carbocycles. The van der Waals surface area contributed by atoms with Gasteiger partial charge < -0.3 is 10.0 Å². The maximum atomic E-state index is 11.6. The minimum Gasteiger partial charge on any atom is -0.481 e. The van der Waals surface area contributed by atoms with Crippen LogP contribution in [0.3, 0.4) is 0 Å². The molecule has 0 aromatic rings. The highest BCUT2D eigenvalue weighted by atomic mass is 32.2. The van der Waals surface area contributed by atoms with E-state index in [0.29, 0.717) is 18.6 Å². The van der Waals surface area contributed by atoms with E-state index < -0.39 is 16.8 Å². The lowest BCUT2D eigenvalue weighted by atomic mass is 10.3. The predicted molar refractivity (Wildman–Crippen MR) is 62.7 cm³/mol. The fourth-order valence-corrected chi connectivity index (χ4v) is 2.29. The predicted octanol–water partition coefficient (Wildman–Crippen LogP) is 0.467. The van der Waals surface area contributed by atoms with Gasteiger partial charge in [0, 0.05) is 42.3 Å². The molecule has 2 atom stereocenters. The standard InChI is InChI=1S/C10H19NO4S/c1-8(7-10(13)14)16(15)6-4-5-9(12)11(2)3/h8H,4-7H2,1-3H3,(H,13,14). The lowest BCUT2D eigenvalue weighted by Crippen LogP contribution is -2.23. The van der Waals surface area contributed by atoms with Gasteiger partial charge in [0.1, 0.15) is 0 Å². The van der Waals surface area contributed by atoms with E-state index in [9.17, 15) is 13.8 Å². The van der Waals surface area contributed by atoms with Gasteiger partial charge in [-0.1, -0.05) is 6.92 Å². The number of hydrogen-bond donors (Lipinski definition) is 1. The first kappa shape index (κ1) is 15.1. The van der Waals surface area contributed by atoms with Crippen LogP contribution < -0.4 is 0 Å². The number of nitrogens with zero attached hydrogens (tertiary/aromatic N) is 1. The third-order valence-electron chi connectivity index (χ3n) is 2.15. The SMILES string of the molecule is CC(CC(=O)O)S(=O)CCCC(=O)N(C)C. The smallest absolute Gasteiger partial charge is 0.304 e. The van der Waals surface area contributed by atoms with Crippen molar-refractivity contribution in [2.24, 2.45) is 0 Å². The van der Waals surface area contributed by atoms with Crippen LogP contribution in [0.1, 0.15) is 26.2 Å². The van der Waals surface area contributed by atoms with Crippen molar-refractivity contribution in [3.05, 3.63) is 0 Å². The summed E-state index contributed by atoms with van der Waals surface area (Å²) in [6.45, 7) is 1.65. The van der Waals surface area contributed by atoms with Crippen molar-refractivity contribution in [2.45, 2.75) is 31.4 Å². The molecule has 0 aliphatic carbocycles. The quantitative estimate of drug-likeness (QED) is 0.711. The van der Waals surface area contributed by atoms with Gasteiger partial charge in [0.05, 0.1) is 6.42 Å². The van der Waals surface area contributed by atoms with E-state index in [-0.39, 0.29) is 17.6 Å². The molecule has 0 radical (unpaired) electrons. The summed E-state index contributed by atoms with van der Waals surface area (Å²) >= 11 is 0. The van der Waals surface area contributed by atoms with Gasteiger partial charge in [0.15, 0.2) is 0 Å². The Morgan fingerprint density at radius 3 is 2.38 bits per heavy atom. The molecule has 0 bridgehead atoms. The molecule has 0 rings (SSSR count). The Morgan fingerprint density at radius 1 is 1.38 bits per heavy atom. The number of carboxylic acids is 1. The average Bonchev–Trinajstić information content (AvgIpc) is 2.15. The van der Waals surface area contributed by atoms with Gasteiger partial charge in [-0.15, -0.1) is 0 Å².